The Balaban J connectivity index is 2.22. The van der Waals surface area contributed by atoms with Crippen LogP contribution in [0, 0.1) is 5.92 Å². The number of benzene rings is 1. The van der Waals surface area contributed by atoms with Crippen LogP contribution in [-0.4, -0.2) is 60.4 Å². The number of aliphatic carboxylic acids is 1. The van der Waals surface area contributed by atoms with Crippen molar-refractivity contribution in [3.05, 3.63) is 30.3 Å². The van der Waals surface area contributed by atoms with Crippen LogP contribution >= 0.6 is 0 Å². The second kappa shape index (κ2) is 7.87. The lowest BCUT2D eigenvalue weighted by atomic mass is 10.0. The van der Waals surface area contributed by atoms with Gasteiger partial charge in [-0.2, -0.15) is 0 Å². The predicted molar refractivity (Wildman–Crippen MR) is 91.1 cm³/mol. The molecule has 1 saturated heterocycles. The molecule has 1 aromatic rings. The first-order chi connectivity index (χ1) is 11.8. The zero-order chi connectivity index (χ0) is 18.6. The highest BCUT2D eigenvalue weighted by Crippen LogP contribution is 2.23. The fraction of sp³-hybridized carbons (Fsp3) is 0.471. The number of anilines is 1. The number of carbonyl (C=O) groups is 3. The van der Waals surface area contributed by atoms with E-state index in [2.05, 4.69) is 10.1 Å². The molecule has 2 unspecified atom stereocenters. The van der Waals surface area contributed by atoms with Crippen molar-refractivity contribution in [2.45, 2.75) is 25.9 Å². The van der Waals surface area contributed by atoms with Crippen molar-refractivity contribution in [3.63, 3.8) is 0 Å². The van der Waals surface area contributed by atoms with Crippen LogP contribution in [-0.2, 0) is 14.3 Å². The second-order valence-corrected chi connectivity index (χ2v) is 6.22. The molecule has 1 aromatic carbocycles. The SMILES string of the molecule is COC(=O)NC(C(=O)N1CN(c2ccccc2)CC1C(=O)O)C(C)C. The molecule has 2 rings (SSSR count). The van der Waals surface area contributed by atoms with Crippen LogP contribution in [0.25, 0.3) is 0 Å². The summed E-state index contributed by atoms with van der Waals surface area (Å²) in [5.74, 6) is -1.73. The molecule has 8 nitrogen and oxygen atoms in total. The van der Waals surface area contributed by atoms with E-state index in [-0.39, 0.29) is 19.1 Å². The molecule has 0 aromatic heterocycles. The Morgan fingerprint density at radius 1 is 1.24 bits per heavy atom. The number of carboxylic acid groups (broad SMARTS) is 1. The van der Waals surface area contributed by atoms with Gasteiger partial charge in [0, 0.05) is 5.69 Å². The van der Waals surface area contributed by atoms with Gasteiger partial charge in [-0.1, -0.05) is 32.0 Å². The van der Waals surface area contributed by atoms with Crippen LogP contribution in [0.3, 0.4) is 0 Å². The number of hydrogen-bond donors (Lipinski definition) is 2. The third kappa shape index (κ3) is 4.20. The maximum Gasteiger partial charge on any atom is 0.407 e. The predicted octanol–water partition coefficient (Wildman–Crippen LogP) is 1.13. The van der Waals surface area contributed by atoms with Crippen LogP contribution in [0.2, 0.25) is 0 Å². The minimum atomic E-state index is -1.08. The van der Waals surface area contributed by atoms with E-state index in [0.29, 0.717) is 0 Å². The van der Waals surface area contributed by atoms with Gasteiger partial charge in [0.15, 0.2) is 0 Å². The van der Waals surface area contributed by atoms with Crippen LogP contribution in [0.15, 0.2) is 30.3 Å². The molecule has 2 N–H and O–H groups in total. The Labute approximate surface area is 146 Å². The summed E-state index contributed by atoms with van der Waals surface area (Å²) >= 11 is 0. The average molecular weight is 349 g/mol. The summed E-state index contributed by atoms with van der Waals surface area (Å²) in [6.45, 7) is 3.89. The standard InChI is InChI=1S/C17H23N3O5/c1-11(2)14(18-17(24)25-3)15(21)20-10-19(9-13(20)16(22)23)12-7-5-4-6-8-12/h4-8,11,13-14H,9-10H2,1-3H3,(H,18,24)(H,22,23). The van der Waals surface area contributed by atoms with Crippen molar-refractivity contribution in [1.29, 1.82) is 0 Å². The van der Waals surface area contributed by atoms with Gasteiger partial charge in [-0.05, 0) is 18.1 Å². The molecule has 2 atom stereocenters. The summed E-state index contributed by atoms with van der Waals surface area (Å²) in [7, 11) is 1.21. The second-order valence-electron chi connectivity index (χ2n) is 6.22. The van der Waals surface area contributed by atoms with E-state index in [1.165, 1.54) is 12.0 Å². The normalized spacial score (nSPS) is 18.2. The lowest BCUT2D eigenvalue weighted by molar-refractivity contribution is -0.149. The summed E-state index contributed by atoms with van der Waals surface area (Å²) in [5, 5.41) is 12.0. The molecule has 136 valence electrons. The number of methoxy groups -OCH3 is 1. The average Bonchev–Trinajstić information content (AvgIpc) is 3.05. The summed E-state index contributed by atoms with van der Waals surface area (Å²) in [6.07, 6.45) is -0.724. The smallest absolute Gasteiger partial charge is 0.407 e. The van der Waals surface area contributed by atoms with Crippen molar-refractivity contribution >= 4 is 23.7 Å². The number of hydrogen-bond acceptors (Lipinski definition) is 5. The fourth-order valence-electron chi connectivity index (χ4n) is 2.79. The van der Waals surface area contributed by atoms with Gasteiger partial charge in [0.2, 0.25) is 5.91 Å². The first-order valence-corrected chi connectivity index (χ1v) is 8.03. The number of rotatable bonds is 5. The van der Waals surface area contributed by atoms with E-state index in [1.54, 1.807) is 13.8 Å². The van der Waals surface area contributed by atoms with Crippen molar-refractivity contribution in [2.75, 3.05) is 25.2 Å². The van der Waals surface area contributed by atoms with E-state index in [9.17, 15) is 19.5 Å². The number of carboxylic acids is 1. The van der Waals surface area contributed by atoms with Crippen LogP contribution in [0.1, 0.15) is 13.8 Å². The van der Waals surface area contributed by atoms with E-state index in [1.807, 2.05) is 35.2 Å². The van der Waals surface area contributed by atoms with Crippen molar-refractivity contribution in [2.24, 2.45) is 5.92 Å². The molecule has 1 aliphatic heterocycles. The minimum Gasteiger partial charge on any atom is -0.480 e. The number of amides is 2. The number of nitrogens with one attached hydrogen (secondary N) is 1. The van der Waals surface area contributed by atoms with Crippen LogP contribution in [0.5, 0.6) is 0 Å². The number of para-hydroxylation sites is 1. The number of nitrogens with zero attached hydrogens (tertiary/aromatic N) is 2. The maximum atomic E-state index is 12.9. The molecule has 0 saturated carbocycles. The van der Waals surface area contributed by atoms with Gasteiger partial charge < -0.3 is 25.0 Å². The van der Waals surface area contributed by atoms with Gasteiger partial charge in [0.25, 0.3) is 0 Å². The minimum absolute atomic E-state index is 0.145. The maximum absolute atomic E-state index is 12.9. The third-order valence-corrected chi connectivity index (χ3v) is 4.17. The molecular weight excluding hydrogens is 326 g/mol. The number of ether oxygens (including phenoxy) is 1. The van der Waals surface area contributed by atoms with Gasteiger partial charge in [-0.15, -0.1) is 0 Å². The molecule has 0 bridgehead atoms. The highest BCUT2D eigenvalue weighted by Gasteiger charge is 2.42. The highest BCUT2D eigenvalue weighted by atomic mass is 16.5. The van der Waals surface area contributed by atoms with Gasteiger partial charge >= 0.3 is 12.1 Å². The van der Waals surface area contributed by atoms with Crippen molar-refractivity contribution in [1.82, 2.24) is 10.2 Å². The zero-order valence-corrected chi connectivity index (χ0v) is 14.5. The summed E-state index contributed by atoms with van der Waals surface area (Å²) < 4.78 is 4.56. The van der Waals surface area contributed by atoms with Crippen LogP contribution < -0.4 is 10.2 Å². The molecule has 1 fully saturated rings. The molecule has 0 aliphatic carbocycles. The van der Waals surface area contributed by atoms with E-state index in [0.717, 1.165) is 5.69 Å². The first kappa shape index (κ1) is 18.6. The van der Waals surface area contributed by atoms with E-state index >= 15 is 0 Å². The Hall–Kier alpha value is -2.77. The molecule has 0 radical (unpaired) electrons. The topological polar surface area (TPSA) is 99.2 Å². The molecule has 0 spiro atoms. The van der Waals surface area contributed by atoms with Gasteiger partial charge in [0.05, 0.1) is 20.3 Å². The van der Waals surface area contributed by atoms with Gasteiger partial charge in [0.1, 0.15) is 12.1 Å². The number of carbonyl (C=O) groups excluding carboxylic acids is 2. The van der Waals surface area contributed by atoms with E-state index < -0.39 is 30.1 Å². The lowest BCUT2D eigenvalue weighted by Gasteiger charge is -2.28. The summed E-state index contributed by atoms with van der Waals surface area (Å²) in [6, 6.07) is 7.46. The van der Waals surface area contributed by atoms with E-state index in [4.69, 9.17) is 0 Å². The Bertz CT molecular complexity index is 634. The number of alkyl carbamates (subject to hydrolysis) is 1. The lowest BCUT2D eigenvalue weighted by Crippen LogP contribution is -2.54. The van der Waals surface area contributed by atoms with Crippen molar-refractivity contribution in [3.8, 4) is 0 Å². The molecule has 1 aliphatic rings. The molecular formula is C17H23N3O5. The fourth-order valence-corrected chi connectivity index (χ4v) is 2.79. The highest BCUT2D eigenvalue weighted by molar-refractivity contribution is 5.90. The third-order valence-electron chi connectivity index (χ3n) is 4.17. The molecule has 1 heterocycles. The van der Waals surface area contributed by atoms with Gasteiger partial charge in [-0.25, -0.2) is 9.59 Å². The molecule has 8 heteroatoms. The van der Waals surface area contributed by atoms with Crippen molar-refractivity contribution < 1.29 is 24.2 Å². The monoisotopic (exact) mass is 349 g/mol. The first-order valence-electron chi connectivity index (χ1n) is 8.03. The van der Waals surface area contributed by atoms with Crippen LogP contribution in [0.4, 0.5) is 10.5 Å². The molecule has 25 heavy (non-hydrogen) atoms. The largest absolute Gasteiger partial charge is 0.480 e. The quantitative estimate of drug-likeness (QED) is 0.827. The Morgan fingerprint density at radius 3 is 2.40 bits per heavy atom. The summed E-state index contributed by atoms with van der Waals surface area (Å²) in [4.78, 5) is 39.2. The Morgan fingerprint density at radius 2 is 1.88 bits per heavy atom. The molecule has 2 amide bonds. The van der Waals surface area contributed by atoms with Gasteiger partial charge in [-0.3, -0.25) is 4.79 Å². The zero-order valence-electron chi connectivity index (χ0n) is 14.5. The Kier molecular flexibility index (Phi) is 5.84. The summed E-state index contributed by atoms with van der Waals surface area (Å²) in [5.41, 5.74) is 0.839.